The van der Waals surface area contributed by atoms with Crippen molar-refractivity contribution in [3.8, 4) is 0 Å². The summed E-state index contributed by atoms with van der Waals surface area (Å²) in [6, 6.07) is 5.91. The van der Waals surface area contributed by atoms with Crippen molar-refractivity contribution in [3.05, 3.63) is 23.8 Å². The predicted molar refractivity (Wildman–Crippen MR) is 74.2 cm³/mol. The van der Waals surface area contributed by atoms with E-state index in [2.05, 4.69) is 9.62 Å². The Labute approximate surface area is 108 Å². The molecule has 1 aliphatic heterocycles. The predicted octanol–water partition coefficient (Wildman–Crippen LogP) is 0.705. The quantitative estimate of drug-likeness (QED) is 0.792. The van der Waals surface area contributed by atoms with E-state index in [4.69, 9.17) is 5.73 Å². The average molecular weight is 269 g/mol. The number of nitrogens with two attached hydrogens (primary N) is 1. The van der Waals surface area contributed by atoms with Crippen molar-refractivity contribution in [2.24, 2.45) is 0 Å². The molecule has 1 saturated heterocycles. The lowest BCUT2D eigenvalue weighted by Gasteiger charge is -2.19. The SMILES string of the molecule is Cc1cc(N2CCC(NS(C)(=O)=O)C2)ccc1N. The van der Waals surface area contributed by atoms with Gasteiger partial charge in [0.2, 0.25) is 10.0 Å². The highest BCUT2D eigenvalue weighted by molar-refractivity contribution is 7.88. The van der Waals surface area contributed by atoms with E-state index in [1.807, 2.05) is 25.1 Å². The molecule has 0 bridgehead atoms. The first kappa shape index (κ1) is 13.2. The number of rotatable bonds is 3. The van der Waals surface area contributed by atoms with E-state index in [0.29, 0.717) is 6.54 Å². The molecule has 0 aliphatic carbocycles. The van der Waals surface area contributed by atoms with Crippen LogP contribution in [-0.2, 0) is 10.0 Å². The van der Waals surface area contributed by atoms with Gasteiger partial charge in [-0.2, -0.15) is 0 Å². The van der Waals surface area contributed by atoms with Crippen LogP contribution in [0.15, 0.2) is 18.2 Å². The monoisotopic (exact) mass is 269 g/mol. The largest absolute Gasteiger partial charge is 0.399 e. The Morgan fingerprint density at radius 2 is 2.17 bits per heavy atom. The van der Waals surface area contributed by atoms with E-state index < -0.39 is 10.0 Å². The number of nitrogen functional groups attached to an aromatic ring is 1. The number of benzene rings is 1. The molecule has 1 aliphatic rings. The van der Waals surface area contributed by atoms with Crippen LogP contribution >= 0.6 is 0 Å². The van der Waals surface area contributed by atoms with Crippen LogP contribution in [0.5, 0.6) is 0 Å². The molecular formula is C12H19N3O2S. The van der Waals surface area contributed by atoms with E-state index in [9.17, 15) is 8.42 Å². The maximum absolute atomic E-state index is 11.2. The topological polar surface area (TPSA) is 75.4 Å². The van der Waals surface area contributed by atoms with E-state index in [1.165, 1.54) is 6.26 Å². The molecule has 1 aromatic carbocycles. The maximum Gasteiger partial charge on any atom is 0.209 e. The molecule has 3 N–H and O–H groups in total. The molecule has 0 spiro atoms. The minimum atomic E-state index is -3.12. The first-order valence-corrected chi connectivity index (χ1v) is 7.83. The third-order valence-electron chi connectivity index (χ3n) is 3.19. The molecule has 100 valence electrons. The first-order chi connectivity index (χ1) is 8.35. The summed E-state index contributed by atoms with van der Waals surface area (Å²) < 4.78 is 25.0. The fourth-order valence-electron chi connectivity index (χ4n) is 2.25. The molecule has 1 aromatic rings. The van der Waals surface area contributed by atoms with Gasteiger partial charge in [0.05, 0.1) is 6.26 Å². The highest BCUT2D eigenvalue weighted by Crippen LogP contribution is 2.24. The standard InChI is InChI=1S/C12H19N3O2S/c1-9-7-11(3-4-12(9)13)15-6-5-10(8-15)14-18(2,16)17/h3-4,7,10,14H,5-6,8,13H2,1-2H3. The van der Waals surface area contributed by atoms with Crippen LogP contribution in [0.2, 0.25) is 0 Å². The van der Waals surface area contributed by atoms with Gasteiger partial charge in [0.15, 0.2) is 0 Å². The summed E-state index contributed by atoms with van der Waals surface area (Å²) in [5, 5.41) is 0. The average Bonchev–Trinajstić information content (AvgIpc) is 2.68. The van der Waals surface area contributed by atoms with Crippen molar-refractivity contribution >= 4 is 21.4 Å². The van der Waals surface area contributed by atoms with Crippen LogP contribution in [0.1, 0.15) is 12.0 Å². The van der Waals surface area contributed by atoms with Crippen LogP contribution in [0.4, 0.5) is 11.4 Å². The zero-order valence-electron chi connectivity index (χ0n) is 10.7. The Kier molecular flexibility index (Phi) is 3.49. The van der Waals surface area contributed by atoms with Gasteiger partial charge in [-0.15, -0.1) is 0 Å². The summed E-state index contributed by atoms with van der Waals surface area (Å²) in [7, 11) is -3.12. The Hall–Kier alpha value is -1.27. The number of hydrogen-bond donors (Lipinski definition) is 2. The summed E-state index contributed by atoms with van der Waals surface area (Å²) in [6.45, 7) is 3.54. The number of sulfonamides is 1. The Morgan fingerprint density at radius 3 is 2.78 bits per heavy atom. The molecular weight excluding hydrogens is 250 g/mol. The number of nitrogens with one attached hydrogen (secondary N) is 1. The summed E-state index contributed by atoms with van der Waals surface area (Å²) in [4.78, 5) is 2.18. The molecule has 0 amide bonds. The van der Waals surface area contributed by atoms with Crippen molar-refractivity contribution in [3.63, 3.8) is 0 Å². The molecule has 0 radical (unpaired) electrons. The fourth-order valence-corrected chi connectivity index (χ4v) is 3.05. The second-order valence-corrected chi connectivity index (χ2v) is 6.64. The minimum absolute atomic E-state index is 0.00198. The van der Waals surface area contributed by atoms with Gasteiger partial charge in [-0.3, -0.25) is 0 Å². The van der Waals surface area contributed by atoms with Gasteiger partial charge in [0.1, 0.15) is 0 Å². The normalized spacial score (nSPS) is 20.3. The molecule has 1 atom stereocenters. The summed E-state index contributed by atoms with van der Waals surface area (Å²) in [5.74, 6) is 0. The summed E-state index contributed by atoms with van der Waals surface area (Å²) in [5.41, 5.74) is 8.71. The molecule has 6 heteroatoms. The first-order valence-electron chi connectivity index (χ1n) is 5.93. The third kappa shape index (κ3) is 3.14. The van der Waals surface area contributed by atoms with Gasteiger partial charge in [-0.05, 0) is 37.1 Å². The van der Waals surface area contributed by atoms with Gasteiger partial charge >= 0.3 is 0 Å². The molecule has 5 nitrogen and oxygen atoms in total. The van der Waals surface area contributed by atoms with Gasteiger partial charge in [-0.25, -0.2) is 13.1 Å². The van der Waals surface area contributed by atoms with Crippen LogP contribution in [0.25, 0.3) is 0 Å². The zero-order chi connectivity index (χ0) is 13.3. The number of aryl methyl sites for hydroxylation is 1. The molecule has 18 heavy (non-hydrogen) atoms. The zero-order valence-corrected chi connectivity index (χ0v) is 11.5. The van der Waals surface area contributed by atoms with E-state index in [1.54, 1.807) is 0 Å². The van der Waals surface area contributed by atoms with Crippen molar-refractivity contribution in [1.29, 1.82) is 0 Å². The fraction of sp³-hybridized carbons (Fsp3) is 0.500. The third-order valence-corrected chi connectivity index (χ3v) is 3.95. The van der Waals surface area contributed by atoms with Crippen LogP contribution < -0.4 is 15.4 Å². The molecule has 2 rings (SSSR count). The molecule has 0 saturated carbocycles. The Morgan fingerprint density at radius 1 is 1.44 bits per heavy atom. The van der Waals surface area contributed by atoms with Crippen LogP contribution in [0.3, 0.4) is 0 Å². The molecule has 1 unspecified atom stereocenters. The smallest absolute Gasteiger partial charge is 0.209 e. The second kappa shape index (κ2) is 4.78. The van der Waals surface area contributed by atoms with Crippen molar-refractivity contribution < 1.29 is 8.42 Å². The molecule has 1 heterocycles. The van der Waals surface area contributed by atoms with Crippen molar-refractivity contribution in [2.45, 2.75) is 19.4 Å². The summed E-state index contributed by atoms with van der Waals surface area (Å²) in [6.07, 6.45) is 2.03. The van der Waals surface area contributed by atoms with E-state index >= 15 is 0 Å². The van der Waals surface area contributed by atoms with Gasteiger partial charge in [-0.1, -0.05) is 0 Å². The Balaban J connectivity index is 2.06. The van der Waals surface area contributed by atoms with E-state index in [0.717, 1.165) is 29.9 Å². The number of nitrogens with zero attached hydrogens (tertiary/aromatic N) is 1. The van der Waals surface area contributed by atoms with Crippen LogP contribution in [-0.4, -0.2) is 33.8 Å². The van der Waals surface area contributed by atoms with Crippen molar-refractivity contribution in [2.75, 3.05) is 30.0 Å². The van der Waals surface area contributed by atoms with Crippen LogP contribution in [0, 0.1) is 6.92 Å². The van der Waals surface area contributed by atoms with Gasteiger partial charge < -0.3 is 10.6 Å². The highest BCUT2D eigenvalue weighted by Gasteiger charge is 2.24. The van der Waals surface area contributed by atoms with E-state index in [-0.39, 0.29) is 6.04 Å². The number of hydrogen-bond acceptors (Lipinski definition) is 4. The highest BCUT2D eigenvalue weighted by atomic mass is 32.2. The maximum atomic E-state index is 11.2. The molecule has 1 fully saturated rings. The molecule has 0 aromatic heterocycles. The summed E-state index contributed by atoms with van der Waals surface area (Å²) >= 11 is 0. The lowest BCUT2D eigenvalue weighted by atomic mass is 10.2. The van der Waals surface area contributed by atoms with Gasteiger partial charge in [0, 0.05) is 30.5 Å². The lowest BCUT2D eigenvalue weighted by molar-refractivity contribution is 0.567. The second-order valence-electron chi connectivity index (χ2n) is 4.86. The lowest BCUT2D eigenvalue weighted by Crippen LogP contribution is -2.36. The van der Waals surface area contributed by atoms with Gasteiger partial charge in [0.25, 0.3) is 0 Å². The Bertz CT molecular complexity index is 542. The number of anilines is 2. The minimum Gasteiger partial charge on any atom is -0.399 e. The van der Waals surface area contributed by atoms with Crippen molar-refractivity contribution in [1.82, 2.24) is 4.72 Å².